The third-order valence-electron chi connectivity index (χ3n) is 3.42. The maximum atomic E-state index is 9.34. The summed E-state index contributed by atoms with van der Waals surface area (Å²) in [6.07, 6.45) is 1.85. The summed E-state index contributed by atoms with van der Waals surface area (Å²) in [6, 6.07) is 17.3. The molecule has 0 aliphatic rings. The number of hydrogen-bond donors (Lipinski definition) is 2. The molecule has 0 aliphatic heterocycles. The molecule has 0 aromatic heterocycles. The maximum Gasteiger partial charge on any atom is 0.0998 e. The van der Waals surface area contributed by atoms with Crippen LogP contribution in [0, 0.1) is 11.3 Å². The van der Waals surface area contributed by atoms with Crippen molar-refractivity contribution >= 4 is 23.0 Å². The molecule has 2 rings (SSSR count). The lowest BCUT2D eigenvalue weighted by Crippen LogP contribution is -2.20. The first-order valence-electron chi connectivity index (χ1n) is 7.04. The van der Waals surface area contributed by atoms with Crippen molar-refractivity contribution in [2.24, 2.45) is 0 Å². The lowest BCUT2D eigenvalue weighted by Gasteiger charge is -2.17. The summed E-state index contributed by atoms with van der Waals surface area (Å²) in [5, 5.41) is 18.3. The minimum absolute atomic E-state index is 0.119. The van der Waals surface area contributed by atoms with Crippen LogP contribution in [0.5, 0.6) is 0 Å². The van der Waals surface area contributed by atoms with Crippen LogP contribution >= 0.6 is 0 Å². The van der Waals surface area contributed by atoms with Gasteiger partial charge in [-0.05, 0) is 41.5 Å². The minimum Gasteiger partial charge on any atom is -0.399 e. The summed E-state index contributed by atoms with van der Waals surface area (Å²) in [6.45, 7) is 0.706. The Morgan fingerprint density at radius 1 is 1.18 bits per heavy atom. The second-order valence-electron chi connectivity index (χ2n) is 5.03. The van der Waals surface area contributed by atoms with E-state index in [1.165, 1.54) is 0 Å². The SMILES string of the molecule is CN(CCO)c1ccc(/C=C(\C#N)c2ccc(N)cc2)cc1. The molecule has 2 aromatic carbocycles. The van der Waals surface area contributed by atoms with Crippen molar-refractivity contribution in [1.82, 2.24) is 0 Å². The Bertz CT molecular complexity index is 682. The van der Waals surface area contributed by atoms with Gasteiger partial charge in [0.15, 0.2) is 0 Å². The fourth-order valence-corrected chi connectivity index (χ4v) is 2.11. The molecule has 0 saturated carbocycles. The molecule has 0 heterocycles. The zero-order valence-corrected chi connectivity index (χ0v) is 12.5. The lowest BCUT2D eigenvalue weighted by molar-refractivity contribution is 0.304. The number of nitrogens with zero attached hydrogens (tertiary/aromatic N) is 2. The first kappa shape index (κ1) is 15.6. The Kier molecular flexibility index (Phi) is 5.18. The highest BCUT2D eigenvalue weighted by atomic mass is 16.3. The Labute approximate surface area is 130 Å². The molecule has 4 heteroatoms. The molecule has 0 saturated heterocycles. The van der Waals surface area contributed by atoms with Gasteiger partial charge in [0.05, 0.1) is 18.2 Å². The van der Waals surface area contributed by atoms with E-state index in [1.54, 1.807) is 12.1 Å². The molecule has 2 aromatic rings. The van der Waals surface area contributed by atoms with E-state index in [0.29, 0.717) is 17.8 Å². The van der Waals surface area contributed by atoms with Crippen LogP contribution in [0.3, 0.4) is 0 Å². The topological polar surface area (TPSA) is 73.3 Å². The first-order chi connectivity index (χ1) is 10.6. The van der Waals surface area contributed by atoms with Gasteiger partial charge < -0.3 is 15.7 Å². The number of benzene rings is 2. The predicted molar refractivity (Wildman–Crippen MR) is 91.1 cm³/mol. The quantitative estimate of drug-likeness (QED) is 0.505. The number of anilines is 2. The molecule has 0 unspecified atom stereocenters. The van der Waals surface area contributed by atoms with Crippen molar-refractivity contribution in [3.63, 3.8) is 0 Å². The van der Waals surface area contributed by atoms with Crippen LogP contribution < -0.4 is 10.6 Å². The summed E-state index contributed by atoms with van der Waals surface area (Å²) in [4.78, 5) is 1.97. The van der Waals surface area contributed by atoms with Gasteiger partial charge >= 0.3 is 0 Å². The number of allylic oxidation sites excluding steroid dienone is 1. The van der Waals surface area contributed by atoms with E-state index in [0.717, 1.165) is 16.8 Å². The lowest BCUT2D eigenvalue weighted by atomic mass is 10.0. The van der Waals surface area contributed by atoms with Crippen LogP contribution in [0.15, 0.2) is 48.5 Å². The average Bonchev–Trinajstić information content (AvgIpc) is 2.54. The number of aliphatic hydroxyl groups excluding tert-OH is 1. The van der Waals surface area contributed by atoms with E-state index >= 15 is 0 Å². The molecule has 0 amide bonds. The minimum atomic E-state index is 0.119. The van der Waals surface area contributed by atoms with E-state index in [4.69, 9.17) is 10.8 Å². The van der Waals surface area contributed by atoms with Crippen molar-refractivity contribution in [2.75, 3.05) is 30.8 Å². The smallest absolute Gasteiger partial charge is 0.0998 e. The second-order valence-corrected chi connectivity index (χ2v) is 5.03. The number of nitrogen functional groups attached to an aromatic ring is 1. The molecule has 0 atom stereocenters. The van der Waals surface area contributed by atoms with Crippen LogP contribution in [0.2, 0.25) is 0 Å². The van der Waals surface area contributed by atoms with Gasteiger partial charge in [-0.15, -0.1) is 0 Å². The van der Waals surface area contributed by atoms with Gasteiger partial charge in [0.25, 0.3) is 0 Å². The standard InChI is InChI=1S/C18H19N3O/c1-21(10-11-22)18-8-2-14(3-9-18)12-16(13-19)15-4-6-17(20)7-5-15/h2-9,12,22H,10-11,20H2,1H3/b16-12+. The van der Waals surface area contributed by atoms with Crippen molar-refractivity contribution < 1.29 is 5.11 Å². The Morgan fingerprint density at radius 2 is 1.82 bits per heavy atom. The van der Waals surface area contributed by atoms with E-state index in [9.17, 15) is 5.26 Å². The number of aliphatic hydroxyl groups is 1. The fraction of sp³-hybridized carbons (Fsp3) is 0.167. The molecule has 0 aliphatic carbocycles. The highest BCUT2D eigenvalue weighted by molar-refractivity contribution is 5.89. The molecule has 3 N–H and O–H groups in total. The van der Waals surface area contributed by atoms with Gasteiger partial charge in [-0.2, -0.15) is 5.26 Å². The zero-order valence-electron chi connectivity index (χ0n) is 12.5. The number of nitriles is 1. The van der Waals surface area contributed by atoms with E-state index < -0.39 is 0 Å². The number of rotatable bonds is 5. The molecule has 0 spiro atoms. The Balaban J connectivity index is 2.23. The van der Waals surface area contributed by atoms with Gasteiger partial charge in [0.2, 0.25) is 0 Å². The van der Waals surface area contributed by atoms with E-state index in [-0.39, 0.29) is 6.61 Å². The molecule has 0 radical (unpaired) electrons. The number of nitrogens with two attached hydrogens (primary N) is 1. The van der Waals surface area contributed by atoms with Gasteiger partial charge in [-0.3, -0.25) is 0 Å². The summed E-state index contributed by atoms with van der Waals surface area (Å²) in [7, 11) is 1.93. The molecule has 0 fully saturated rings. The van der Waals surface area contributed by atoms with E-state index in [2.05, 4.69) is 6.07 Å². The van der Waals surface area contributed by atoms with Crippen LogP contribution in [-0.2, 0) is 0 Å². The molecular weight excluding hydrogens is 274 g/mol. The molecule has 22 heavy (non-hydrogen) atoms. The van der Waals surface area contributed by atoms with Crippen molar-refractivity contribution in [2.45, 2.75) is 0 Å². The largest absolute Gasteiger partial charge is 0.399 e. The summed E-state index contributed by atoms with van der Waals surface area (Å²) in [5.74, 6) is 0. The second kappa shape index (κ2) is 7.30. The number of hydrogen-bond acceptors (Lipinski definition) is 4. The maximum absolute atomic E-state index is 9.34. The van der Waals surface area contributed by atoms with Crippen molar-refractivity contribution in [3.8, 4) is 6.07 Å². The normalized spacial score (nSPS) is 11.0. The molecular formula is C18H19N3O. The molecule has 4 nitrogen and oxygen atoms in total. The van der Waals surface area contributed by atoms with Crippen molar-refractivity contribution in [1.29, 1.82) is 5.26 Å². The fourth-order valence-electron chi connectivity index (χ4n) is 2.11. The first-order valence-corrected chi connectivity index (χ1v) is 7.04. The summed E-state index contributed by atoms with van der Waals surface area (Å²) in [5.41, 5.74) is 9.76. The Morgan fingerprint density at radius 3 is 2.36 bits per heavy atom. The van der Waals surface area contributed by atoms with Crippen LogP contribution in [0.4, 0.5) is 11.4 Å². The van der Waals surface area contributed by atoms with Gasteiger partial charge in [-0.25, -0.2) is 0 Å². The number of likely N-dealkylation sites (N-methyl/N-ethyl adjacent to an activating group) is 1. The molecule has 0 bridgehead atoms. The summed E-state index contributed by atoms with van der Waals surface area (Å²) >= 11 is 0. The Hall–Kier alpha value is -2.77. The third kappa shape index (κ3) is 3.87. The summed E-state index contributed by atoms with van der Waals surface area (Å²) < 4.78 is 0. The average molecular weight is 293 g/mol. The van der Waals surface area contributed by atoms with Gasteiger partial charge in [0, 0.05) is 25.0 Å². The van der Waals surface area contributed by atoms with Crippen LogP contribution in [-0.4, -0.2) is 25.3 Å². The van der Waals surface area contributed by atoms with E-state index in [1.807, 2.05) is 54.4 Å². The van der Waals surface area contributed by atoms with Gasteiger partial charge in [-0.1, -0.05) is 24.3 Å². The van der Waals surface area contributed by atoms with Crippen LogP contribution in [0.1, 0.15) is 11.1 Å². The van der Waals surface area contributed by atoms with Gasteiger partial charge in [0.1, 0.15) is 0 Å². The predicted octanol–water partition coefficient (Wildman–Crippen LogP) is 2.76. The highest BCUT2D eigenvalue weighted by Gasteiger charge is 2.02. The molecule has 112 valence electrons. The van der Waals surface area contributed by atoms with Crippen molar-refractivity contribution in [3.05, 3.63) is 59.7 Å². The zero-order chi connectivity index (χ0) is 15.9. The highest BCUT2D eigenvalue weighted by Crippen LogP contribution is 2.20. The third-order valence-corrected chi connectivity index (χ3v) is 3.42. The monoisotopic (exact) mass is 293 g/mol. The van der Waals surface area contributed by atoms with Crippen LogP contribution in [0.25, 0.3) is 11.6 Å².